The van der Waals surface area contributed by atoms with Crippen molar-refractivity contribution in [3.8, 4) is 5.75 Å². The number of esters is 1. The zero-order chi connectivity index (χ0) is 27.6. The number of nitrogens with zero attached hydrogens (tertiary/aromatic N) is 1. The second-order valence-electron chi connectivity index (χ2n) is 8.46. The Bertz CT molecular complexity index is 1500. The zero-order valence-electron chi connectivity index (χ0n) is 20.1. The van der Waals surface area contributed by atoms with E-state index in [0.29, 0.717) is 10.7 Å². The maximum absolute atomic E-state index is 13.2. The van der Waals surface area contributed by atoms with Gasteiger partial charge < -0.3 is 20.5 Å². The molecule has 1 aliphatic heterocycles. The molecule has 0 saturated carbocycles. The van der Waals surface area contributed by atoms with Crippen LogP contribution in [-0.4, -0.2) is 34.9 Å². The summed E-state index contributed by atoms with van der Waals surface area (Å²) in [5.74, 6) is -2.83. The molecule has 4 rings (SSSR count). The van der Waals surface area contributed by atoms with Crippen molar-refractivity contribution in [3.63, 3.8) is 0 Å². The highest BCUT2D eigenvalue weighted by Crippen LogP contribution is 2.31. The minimum Gasteiger partial charge on any atom is -0.506 e. The van der Waals surface area contributed by atoms with Gasteiger partial charge in [-0.3, -0.25) is 14.4 Å². The summed E-state index contributed by atoms with van der Waals surface area (Å²) in [6.07, 6.45) is -0.345. The van der Waals surface area contributed by atoms with E-state index in [9.17, 15) is 24.3 Å². The number of carbonyl (C=O) groups excluding carboxylic acids is 4. The van der Waals surface area contributed by atoms with Crippen molar-refractivity contribution in [3.05, 3.63) is 93.6 Å². The molecule has 0 aliphatic carbocycles. The highest BCUT2D eigenvalue weighted by Gasteiger charge is 2.39. The minimum atomic E-state index is -0.779. The number of amides is 3. The summed E-state index contributed by atoms with van der Waals surface area (Å²) in [5, 5.41) is 15.3. The third-order valence-corrected chi connectivity index (χ3v) is 5.90. The van der Waals surface area contributed by atoms with Crippen molar-refractivity contribution in [2.24, 2.45) is 0 Å². The molecule has 0 saturated heterocycles. The lowest BCUT2D eigenvalue weighted by Crippen LogP contribution is -2.32. The fourth-order valence-electron chi connectivity index (χ4n) is 3.59. The summed E-state index contributed by atoms with van der Waals surface area (Å²) in [5.41, 5.74) is 0.728. The predicted molar refractivity (Wildman–Crippen MR) is 144 cm³/mol. The Labute approximate surface area is 227 Å². The van der Waals surface area contributed by atoms with E-state index in [1.807, 2.05) is 0 Å². The predicted octanol–water partition coefficient (Wildman–Crippen LogP) is 5.30. The quantitative estimate of drug-likeness (QED) is 0.206. The highest BCUT2D eigenvalue weighted by atomic mass is 35.5. The van der Waals surface area contributed by atoms with Crippen LogP contribution in [0.5, 0.6) is 5.75 Å². The molecule has 0 bridgehead atoms. The van der Waals surface area contributed by atoms with E-state index in [1.165, 1.54) is 54.6 Å². The van der Waals surface area contributed by atoms with E-state index in [-0.39, 0.29) is 45.1 Å². The molecule has 194 valence electrons. The average molecular weight is 554 g/mol. The number of benzene rings is 3. The Hall–Kier alpha value is -4.34. The number of imide groups is 1. The van der Waals surface area contributed by atoms with Crippen LogP contribution in [-0.2, 0) is 14.3 Å². The molecule has 0 radical (unpaired) electrons. The van der Waals surface area contributed by atoms with E-state index in [1.54, 1.807) is 26.0 Å². The second kappa shape index (κ2) is 11.0. The molecule has 0 spiro atoms. The molecule has 3 N–H and O–H groups in total. The van der Waals surface area contributed by atoms with Gasteiger partial charge in [-0.25, -0.2) is 9.69 Å². The fourth-order valence-corrected chi connectivity index (χ4v) is 3.97. The largest absolute Gasteiger partial charge is 0.506 e. The first-order valence-electron chi connectivity index (χ1n) is 11.3. The van der Waals surface area contributed by atoms with Crippen molar-refractivity contribution in [1.82, 2.24) is 0 Å². The summed E-state index contributed by atoms with van der Waals surface area (Å²) in [6.45, 7) is 3.41. The molecule has 0 fully saturated rings. The number of phenolic OH excluding ortho intramolecular Hbond substituents is 1. The first-order chi connectivity index (χ1) is 18.0. The van der Waals surface area contributed by atoms with Crippen LogP contribution < -0.4 is 15.5 Å². The maximum atomic E-state index is 13.2. The third-order valence-electron chi connectivity index (χ3n) is 5.31. The van der Waals surface area contributed by atoms with Crippen molar-refractivity contribution >= 4 is 64.0 Å². The summed E-state index contributed by atoms with van der Waals surface area (Å²) >= 11 is 12.2. The molecule has 1 aliphatic rings. The first kappa shape index (κ1) is 26.7. The van der Waals surface area contributed by atoms with Gasteiger partial charge in [0.25, 0.3) is 17.7 Å². The van der Waals surface area contributed by atoms with E-state index in [0.717, 1.165) is 4.90 Å². The van der Waals surface area contributed by atoms with Gasteiger partial charge in [0.15, 0.2) is 0 Å². The summed E-state index contributed by atoms with van der Waals surface area (Å²) in [6, 6.07) is 16.2. The van der Waals surface area contributed by atoms with Gasteiger partial charge in [0, 0.05) is 16.3 Å². The topological polar surface area (TPSA) is 125 Å². The van der Waals surface area contributed by atoms with Gasteiger partial charge in [-0.1, -0.05) is 35.3 Å². The second-order valence-corrected chi connectivity index (χ2v) is 9.27. The zero-order valence-corrected chi connectivity index (χ0v) is 21.6. The third kappa shape index (κ3) is 5.64. The standard InChI is InChI=1S/C27H21Cl2N3O6/c1-14(2)38-27(37)16-6-4-8-19(12-16)32-25(35)22(29)23(26(32)36)30-18-7-3-5-15(11-18)24(34)31-20-13-17(28)9-10-21(20)33/h3-14,30,33H,1-2H3,(H,31,34). The van der Waals surface area contributed by atoms with Crippen LogP contribution in [0.25, 0.3) is 0 Å². The van der Waals surface area contributed by atoms with Gasteiger partial charge in [0.1, 0.15) is 16.5 Å². The summed E-state index contributed by atoms with van der Waals surface area (Å²) < 4.78 is 5.18. The lowest BCUT2D eigenvalue weighted by Gasteiger charge is -2.16. The van der Waals surface area contributed by atoms with Crippen LogP contribution in [0.15, 0.2) is 77.5 Å². The lowest BCUT2D eigenvalue weighted by molar-refractivity contribution is -0.120. The van der Waals surface area contributed by atoms with Crippen molar-refractivity contribution in [2.75, 3.05) is 15.5 Å². The molecular formula is C27H21Cl2N3O6. The Morgan fingerprint density at radius 2 is 1.63 bits per heavy atom. The molecule has 9 nitrogen and oxygen atoms in total. The minimum absolute atomic E-state index is 0.123. The number of halogens is 2. The van der Waals surface area contributed by atoms with E-state index in [4.69, 9.17) is 27.9 Å². The maximum Gasteiger partial charge on any atom is 0.338 e. The van der Waals surface area contributed by atoms with Crippen molar-refractivity contribution < 1.29 is 29.0 Å². The Morgan fingerprint density at radius 3 is 2.37 bits per heavy atom. The molecule has 11 heteroatoms. The Morgan fingerprint density at radius 1 is 0.921 bits per heavy atom. The number of aromatic hydroxyl groups is 1. The van der Waals surface area contributed by atoms with E-state index in [2.05, 4.69) is 10.6 Å². The summed E-state index contributed by atoms with van der Waals surface area (Å²) in [7, 11) is 0. The molecule has 38 heavy (non-hydrogen) atoms. The van der Waals surface area contributed by atoms with E-state index >= 15 is 0 Å². The van der Waals surface area contributed by atoms with Crippen molar-refractivity contribution in [2.45, 2.75) is 20.0 Å². The van der Waals surface area contributed by atoms with Crippen LogP contribution in [0.2, 0.25) is 5.02 Å². The molecule has 0 atom stereocenters. The van der Waals surface area contributed by atoms with Crippen LogP contribution in [0.1, 0.15) is 34.6 Å². The molecule has 0 aromatic heterocycles. The summed E-state index contributed by atoms with van der Waals surface area (Å²) in [4.78, 5) is 51.9. The highest BCUT2D eigenvalue weighted by molar-refractivity contribution is 6.53. The first-order valence-corrected chi connectivity index (χ1v) is 12.1. The molecule has 3 aromatic rings. The SMILES string of the molecule is CC(C)OC(=O)c1cccc(N2C(=O)C(Cl)=C(Nc3cccc(C(=O)Nc4cc(Cl)ccc4O)c3)C2=O)c1. The van der Waals surface area contributed by atoms with Gasteiger partial charge in [0.05, 0.1) is 23.0 Å². The van der Waals surface area contributed by atoms with Crippen molar-refractivity contribution in [1.29, 1.82) is 0 Å². The fraction of sp³-hybridized carbons (Fsp3) is 0.111. The number of phenols is 1. The Balaban J connectivity index is 1.54. The number of nitrogens with one attached hydrogen (secondary N) is 2. The van der Waals surface area contributed by atoms with Gasteiger partial charge in [-0.2, -0.15) is 0 Å². The van der Waals surface area contributed by atoms with Gasteiger partial charge in [0.2, 0.25) is 0 Å². The van der Waals surface area contributed by atoms with Gasteiger partial charge >= 0.3 is 5.97 Å². The molecule has 3 amide bonds. The average Bonchev–Trinajstić information content (AvgIpc) is 3.09. The van der Waals surface area contributed by atoms with Crippen LogP contribution >= 0.6 is 23.2 Å². The monoisotopic (exact) mass is 553 g/mol. The van der Waals surface area contributed by atoms with E-state index < -0.39 is 23.7 Å². The van der Waals surface area contributed by atoms with Gasteiger partial charge in [-0.05, 0) is 68.4 Å². The molecule has 3 aromatic carbocycles. The van der Waals surface area contributed by atoms with Crippen LogP contribution in [0, 0.1) is 0 Å². The lowest BCUT2D eigenvalue weighted by atomic mass is 10.1. The molecule has 0 unspecified atom stereocenters. The number of hydrogen-bond acceptors (Lipinski definition) is 7. The number of anilines is 3. The number of hydrogen-bond donors (Lipinski definition) is 3. The van der Waals surface area contributed by atoms with Gasteiger partial charge in [-0.15, -0.1) is 0 Å². The van der Waals surface area contributed by atoms with Crippen LogP contribution in [0.3, 0.4) is 0 Å². The number of ether oxygens (including phenoxy) is 1. The normalized spacial score (nSPS) is 13.2. The van der Waals surface area contributed by atoms with Crippen LogP contribution in [0.4, 0.5) is 17.1 Å². The number of carbonyl (C=O) groups is 4. The molecular weight excluding hydrogens is 533 g/mol. The smallest absolute Gasteiger partial charge is 0.338 e. The Kier molecular flexibility index (Phi) is 7.70. The molecule has 1 heterocycles. The number of rotatable bonds is 7.